The molecule has 4 heteroatoms. The molecule has 1 saturated carbocycles. The summed E-state index contributed by atoms with van der Waals surface area (Å²) in [5.74, 6) is -0.861. The monoisotopic (exact) mass is 259 g/mol. The Balaban J connectivity index is 1.93. The van der Waals surface area contributed by atoms with Crippen molar-refractivity contribution in [1.82, 2.24) is 4.90 Å². The van der Waals surface area contributed by atoms with Gasteiger partial charge in [0.25, 0.3) is 0 Å². The molecule has 0 aromatic heterocycles. The molecule has 3 rings (SSSR count). The Kier molecular flexibility index (Phi) is 3.01. The Labute approximate surface area is 112 Å². The largest absolute Gasteiger partial charge is 0.479 e. The number of hydrogen-bond donors (Lipinski definition) is 1. The molecule has 4 nitrogen and oxygen atoms in total. The highest BCUT2D eigenvalue weighted by atomic mass is 16.4. The molecule has 1 N–H and O–H groups in total. The summed E-state index contributed by atoms with van der Waals surface area (Å²) in [6.07, 6.45) is 3.64. The van der Waals surface area contributed by atoms with E-state index in [9.17, 15) is 14.7 Å². The molecule has 1 aliphatic heterocycles. The van der Waals surface area contributed by atoms with Crippen LogP contribution in [0.4, 0.5) is 0 Å². The average molecular weight is 259 g/mol. The molecule has 1 atom stereocenters. The quantitative estimate of drug-likeness (QED) is 0.883. The highest BCUT2D eigenvalue weighted by Crippen LogP contribution is 2.35. The van der Waals surface area contributed by atoms with Crippen LogP contribution in [0.1, 0.15) is 36.4 Å². The number of carboxylic acid groups (broad SMARTS) is 1. The summed E-state index contributed by atoms with van der Waals surface area (Å²) in [5, 5.41) is 9.48. The first-order valence-corrected chi connectivity index (χ1v) is 6.79. The fourth-order valence-electron chi connectivity index (χ4n) is 2.96. The molecule has 0 spiro atoms. The van der Waals surface area contributed by atoms with Crippen LogP contribution in [0.25, 0.3) is 0 Å². The van der Waals surface area contributed by atoms with Gasteiger partial charge in [-0.1, -0.05) is 30.7 Å². The molecule has 0 bridgehead atoms. The lowest BCUT2D eigenvalue weighted by Gasteiger charge is -2.38. The number of rotatable bonds is 2. The topological polar surface area (TPSA) is 57.6 Å². The molecule has 1 aromatic rings. The van der Waals surface area contributed by atoms with Gasteiger partial charge in [-0.25, -0.2) is 4.79 Å². The lowest BCUT2D eigenvalue weighted by Crippen LogP contribution is -2.47. The van der Waals surface area contributed by atoms with Crippen molar-refractivity contribution in [3.63, 3.8) is 0 Å². The summed E-state index contributed by atoms with van der Waals surface area (Å²) in [6.45, 7) is 0.517. The van der Waals surface area contributed by atoms with Gasteiger partial charge in [0.1, 0.15) is 0 Å². The van der Waals surface area contributed by atoms with Crippen LogP contribution in [-0.4, -0.2) is 28.4 Å². The van der Waals surface area contributed by atoms with Crippen molar-refractivity contribution in [1.29, 1.82) is 0 Å². The zero-order valence-electron chi connectivity index (χ0n) is 10.7. The second-order valence-electron chi connectivity index (χ2n) is 5.35. The van der Waals surface area contributed by atoms with Crippen LogP contribution in [0.3, 0.4) is 0 Å². The van der Waals surface area contributed by atoms with Gasteiger partial charge in [0.05, 0.1) is 0 Å². The fourth-order valence-corrected chi connectivity index (χ4v) is 2.96. The zero-order chi connectivity index (χ0) is 13.4. The maximum Gasteiger partial charge on any atom is 0.331 e. The van der Waals surface area contributed by atoms with Crippen LogP contribution >= 0.6 is 0 Å². The van der Waals surface area contributed by atoms with E-state index in [1.165, 1.54) is 0 Å². The third-order valence-corrected chi connectivity index (χ3v) is 4.25. The van der Waals surface area contributed by atoms with Gasteiger partial charge < -0.3 is 10.0 Å². The van der Waals surface area contributed by atoms with Crippen molar-refractivity contribution in [2.24, 2.45) is 5.92 Å². The summed E-state index contributed by atoms with van der Waals surface area (Å²) in [6, 6.07) is 6.73. The van der Waals surface area contributed by atoms with E-state index in [0.29, 0.717) is 6.54 Å². The molecule has 0 radical (unpaired) electrons. The SMILES string of the molecule is O=C(O)C1c2ccccc2CCN1C(=O)C1CCC1. The summed E-state index contributed by atoms with van der Waals surface area (Å²) in [5.41, 5.74) is 1.82. The van der Waals surface area contributed by atoms with Crippen LogP contribution < -0.4 is 0 Å². The summed E-state index contributed by atoms with van der Waals surface area (Å²) >= 11 is 0. The minimum atomic E-state index is -0.931. The van der Waals surface area contributed by atoms with Crippen molar-refractivity contribution in [2.45, 2.75) is 31.7 Å². The van der Waals surface area contributed by atoms with Gasteiger partial charge in [0.2, 0.25) is 5.91 Å². The van der Waals surface area contributed by atoms with Crippen molar-refractivity contribution in [2.75, 3.05) is 6.54 Å². The zero-order valence-corrected chi connectivity index (χ0v) is 10.7. The molecule has 19 heavy (non-hydrogen) atoms. The number of aliphatic carboxylic acids is 1. The number of amides is 1. The Bertz CT molecular complexity index is 522. The van der Waals surface area contributed by atoms with Crippen molar-refractivity contribution >= 4 is 11.9 Å². The second-order valence-corrected chi connectivity index (χ2v) is 5.35. The smallest absolute Gasteiger partial charge is 0.331 e. The standard InChI is InChI=1S/C15H17NO3/c17-14(11-5-3-6-11)16-9-8-10-4-1-2-7-12(10)13(16)15(18)19/h1-2,4,7,11,13H,3,5-6,8-9H2,(H,18,19). The van der Waals surface area contributed by atoms with E-state index in [-0.39, 0.29) is 11.8 Å². The lowest BCUT2D eigenvalue weighted by atomic mass is 9.82. The highest BCUT2D eigenvalue weighted by molar-refractivity contribution is 5.87. The van der Waals surface area contributed by atoms with Gasteiger partial charge in [0, 0.05) is 12.5 Å². The van der Waals surface area contributed by atoms with Gasteiger partial charge in [-0.2, -0.15) is 0 Å². The number of carbonyl (C=O) groups is 2. The number of nitrogens with zero attached hydrogens (tertiary/aromatic N) is 1. The van der Waals surface area contributed by atoms with Gasteiger partial charge in [-0.15, -0.1) is 0 Å². The summed E-state index contributed by atoms with van der Waals surface area (Å²) in [7, 11) is 0. The van der Waals surface area contributed by atoms with E-state index in [1.54, 1.807) is 4.90 Å². The van der Waals surface area contributed by atoms with Crippen LogP contribution in [0.15, 0.2) is 24.3 Å². The number of fused-ring (bicyclic) bond motifs is 1. The molecule has 1 aromatic carbocycles. The van der Waals surface area contributed by atoms with Gasteiger partial charge in [-0.05, 0) is 30.4 Å². The number of hydrogen-bond acceptors (Lipinski definition) is 2. The van der Waals surface area contributed by atoms with Crippen LogP contribution in [0.2, 0.25) is 0 Å². The summed E-state index contributed by atoms with van der Waals surface area (Å²) < 4.78 is 0. The normalized spacial score (nSPS) is 22.5. The van der Waals surface area contributed by atoms with E-state index >= 15 is 0 Å². The molecule has 100 valence electrons. The molecule has 2 aliphatic rings. The first-order valence-electron chi connectivity index (χ1n) is 6.79. The van der Waals surface area contributed by atoms with Crippen LogP contribution in [0.5, 0.6) is 0 Å². The Morgan fingerprint density at radius 2 is 1.95 bits per heavy atom. The Hall–Kier alpha value is -1.84. The van der Waals surface area contributed by atoms with Crippen molar-refractivity contribution < 1.29 is 14.7 Å². The third kappa shape index (κ3) is 2.01. The lowest BCUT2D eigenvalue weighted by molar-refractivity contribution is -0.154. The average Bonchev–Trinajstić information content (AvgIpc) is 2.35. The molecule has 1 amide bonds. The van der Waals surface area contributed by atoms with E-state index in [1.807, 2.05) is 24.3 Å². The minimum absolute atomic E-state index is 0.0214. The molecular formula is C15H17NO3. The third-order valence-electron chi connectivity index (χ3n) is 4.25. The summed E-state index contributed by atoms with van der Waals surface area (Å²) in [4.78, 5) is 25.5. The fraction of sp³-hybridized carbons (Fsp3) is 0.467. The first-order chi connectivity index (χ1) is 9.18. The predicted molar refractivity (Wildman–Crippen MR) is 69.6 cm³/mol. The van der Waals surface area contributed by atoms with Gasteiger partial charge in [0.15, 0.2) is 6.04 Å². The molecule has 1 fully saturated rings. The van der Waals surface area contributed by atoms with Crippen molar-refractivity contribution in [3.8, 4) is 0 Å². The molecule has 1 unspecified atom stereocenters. The predicted octanol–water partition coefficient (Wildman–Crippen LogP) is 2.00. The van der Waals surface area contributed by atoms with E-state index < -0.39 is 12.0 Å². The maximum absolute atomic E-state index is 12.4. The number of carboxylic acids is 1. The van der Waals surface area contributed by atoms with E-state index in [0.717, 1.165) is 36.8 Å². The van der Waals surface area contributed by atoms with E-state index in [4.69, 9.17) is 0 Å². The van der Waals surface area contributed by atoms with E-state index in [2.05, 4.69) is 0 Å². The first kappa shape index (κ1) is 12.2. The molecular weight excluding hydrogens is 242 g/mol. The minimum Gasteiger partial charge on any atom is -0.479 e. The second kappa shape index (κ2) is 4.68. The molecule has 0 saturated heterocycles. The van der Waals surface area contributed by atoms with Gasteiger partial charge in [-0.3, -0.25) is 4.79 Å². The van der Waals surface area contributed by atoms with Crippen LogP contribution in [-0.2, 0) is 16.0 Å². The van der Waals surface area contributed by atoms with Crippen molar-refractivity contribution in [3.05, 3.63) is 35.4 Å². The molecule has 1 heterocycles. The Morgan fingerprint density at radius 1 is 1.21 bits per heavy atom. The maximum atomic E-state index is 12.4. The molecule has 1 aliphatic carbocycles. The number of carbonyl (C=O) groups excluding carboxylic acids is 1. The van der Waals surface area contributed by atoms with Gasteiger partial charge >= 0.3 is 5.97 Å². The van der Waals surface area contributed by atoms with Crippen LogP contribution in [0, 0.1) is 5.92 Å². The highest BCUT2D eigenvalue weighted by Gasteiger charge is 2.39. The Morgan fingerprint density at radius 3 is 2.58 bits per heavy atom. The number of benzene rings is 1.